The molecule has 2 nitrogen and oxygen atoms in total. The molecular weight excluding hydrogens is 150 g/mol. The van der Waals surface area contributed by atoms with E-state index >= 15 is 0 Å². The fourth-order valence-electron chi connectivity index (χ4n) is 0.460. The molecule has 0 unspecified atom stereocenters. The highest BCUT2D eigenvalue weighted by Gasteiger charge is 2.10. The van der Waals surface area contributed by atoms with Crippen molar-refractivity contribution in [3.05, 3.63) is 0 Å². The van der Waals surface area contributed by atoms with Gasteiger partial charge in [-0.1, -0.05) is 6.92 Å². The molecule has 0 aromatic rings. The van der Waals surface area contributed by atoms with Crippen molar-refractivity contribution in [1.29, 1.82) is 0 Å². The van der Waals surface area contributed by atoms with Gasteiger partial charge in [0.2, 0.25) is 5.91 Å². The van der Waals surface area contributed by atoms with E-state index in [1.807, 2.05) is 13.8 Å². The van der Waals surface area contributed by atoms with Gasteiger partial charge in [0.1, 0.15) is 5.38 Å². The maximum atomic E-state index is 10.9. The van der Waals surface area contributed by atoms with Crippen LogP contribution in [-0.2, 0) is 4.79 Å². The Morgan fingerprint density at radius 2 is 2.10 bits per heavy atom. The van der Waals surface area contributed by atoms with Gasteiger partial charge in [0.05, 0.1) is 0 Å². The zero-order valence-electron chi connectivity index (χ0n) is 6.65. The zero-order valence-corrected chi connectivity index (χ0v) is 7.40. The number of hydrogen-bond acceptors (Lipinski definition) is 1. The van der Waals surface area contributed by atoms with E-state index in [0.29, 0.717) is 0 Å². The van der Waals surface area contributed by atoms with Crippen LogP contribution in [0.3, 0.4) is 0 Å². The Morgan fingerprint density at radius 3 is 2.40 bits per heavy atom. The smallest absolute Gasteiger partial charge is 0.237 e. The predicted octanol–water partition coefficient (Wildman–Crippen LogP) is 1.53. The largest absolute Gasteiger partial charge is 0.352 e. The van der Waals surface area contributed by atoms with E-state index in [-0.39, 0.29) is 11.9 Å². The molecule has 2 atom stereocenters. The quantitative estimate of drug-likeness (QED) is 0.629. The van der Waals surface area contributed by atoms with Crippen molar-refractivity contribution in [2.45, 2.75) is 38.6 Å². The summed E-state index contributed by atoms with van der Waals surface area (Å²) in [6.45, 7) is 5.64. The van der Waals surface area contributed by atoms with Crippen LogP contribution in [0.5, 0.6) is 0 Å². The van der Waals surface area contributed by atoms with E-state index in [0.717, 1.165) is 6.42 Å². The molecule has 10 heavy (non-hydrogen) atoms. The van der Waals surface area contributed by atoms with Crippen molar-refractivity contribution in [2.75, 3.05) is 0 Å². The average molecular weight is 164 g/mol. The van der Waals surface area contributed by atoms with Gasteiger partial charge in [-0.2, -0.15) is 0 Å². The van der Waals surface area contributed by atoms with Crippen LogP contribution in [0.15, 0.2) is 0 Å². The lowest BCUT2D eigenvalue weighted by Gasteiger charge is -2.11. The molecule has 1 amide bonds. The highest BCUT2D eigenvalue weighted by molar-refractivity contribution is 6.30. The Morgan fingerprint density at radius 1 is 1.60 bits per heavy atom. The lowest BCUT2D eigenvalue weighted by atomic mass is 10.2. The first-order valence-electron chi connectivity index (χ1n) is 3.52. The summed E-state index contributed by atoms with van der Waals surface area (Å²) in [5.41, 5.74) is 0. The van der Waals surface area contributed by atoms with E-state index in [9.17, 15) is 4.79 Å². The zero-order chi connectivity index (χ0) is 8.15. The monoisotopic (exact) mass is 163 g/mol. The Labute approximate surface area is 66.9 Å². The summed E-state index contributed by atoms with van der Waals surface area (Å²) >= 11 is 5.52. The highest BCUT2D eigenvalue weighted by Crippen LogP contribution is 1.95. The van der Waals surface area contributed by atoms with Crippen molar-refractivity contribution in [3.63, 3.8) is 0 Å². The fraction of sp³-hybridized carbons (Fsp3) is 0.857. The minimum atomic E-state index is -0.422. The summed E-state index contributed by atoms with van der Waals surface area (Å²) in [6.07, 6.45) is 0.940. The normalized spacial score (nSPS) is 16.0. The van der Waals surface area contributed by atoms with Gasteiger partial charge in [0.15, 0.2) is 0 Å². The molecule has 0 saturated carbocycles. The molecule has 0 aliphatic heterocycles. The van der Waals surface area contributed by atoms with Gasteiger partial charge >= 0.3 is 0 Å². The third kappa shape index (κ3) is 3.72. The van der Waals surface area contributed by atoms with Gasteiger partial charge in [-0.05, 0) is 20.3 Å². The number of carbonyl (C=O) groups excluding carboxylic acids is 1. The van der Waals surface area contributed by atoms with Crippen LogP contribution in [0.1, 0.15) is 27.2 Å². The molecule has 0 aromatic heterocycles. The highest BCUT2D eigenvalue weighted by atomic mass is 35.5. The van der Waals surface area contributed by atoms with Crippen LogP contribution >= 0.6 is 11.6 Å². The predicted molar refractivity (Wildman–Crippen MR) is 43.2 cm³/mol. The van der Waals surface area contributed by atoms with Gasteiger partial charge in [-0.3, -0.25) is 4.79 Å². The minimum absolute atomic E-state index is 0.0870. The molecule has 0 saturated heterocycles. The van der Waals surface area contributed by atoms with E-state index in [1.54, 1.807) is 6.92 Å². The molecule has 0 bridgehead atoms. The van der Waals surface area contributed by atoms with E-state index in [4.69, 9.17) is 11.6 Å². The lowest BCUT2D eigenvalue weighted by molar-refractivity contribution is -0.121. The van der Waals surface area contributed by atoms with Crippen molar-refractivity contribution in [2.24, 2.45) is 0 Å². The Hall–Kier alpha value is -0.240. The summed E-state index contributed by atoms with van der Waals surface area (Å²) in [5.74, 6) is -0.0870. The third-order valence-corrected chi connectivity index (χ3v) is 1.56. The summed E-state index contributed by atoms with van der Waals surface area (Å²) < 4.78 is 0. The molecule has 1 N–H and O–H groups in total. The van der Waals surface area contributed by atoms with Crippen LogP contribution in [0.4, 0.5) is 0 Å². The molecule has 0 fully saturated rings. The van der Waals surface area contributed by atoms with Crippen LogP contribution in [0.2, 0.25) is 0 Å². The second kappa shape index (κ2) is 4.56. The number of carbonyl (C=O) groups is 1. The molecular formula is C7H14ClNO. The number of alkyl halides is 1. The maximum absolute atomic E-state index is 10.9. The van der Waals surface area contributed by atoms with E-state index in [2.05, 4.69) is 5.32 Å². The number of nitrogens with one attached hydrogen (secondary N) is 1. The van der Waals surface area contributed by atoms with Crippen LogP contribution in [0.25, 0.3) is 0 Å². The van der Waals surface area contributed by atoms with Gasteiger partial charge in [0, 0.05) is 6.04 Å². The van der Waals surface area contributed by atoms with Gasteiger partial charge in [0.25, 0.3) is 0 Å². The number of rotatable bonds is 3. The third-order valence-electron chi connectivity index (χ3n) is 1.36. The lowest BCUT2D eigenvalue weighted by Crippen LogP contribution is -2.36. The molecule has 0 aliphatic carbocycles. The van der Waals surface area contributed by atoms with Crippen molar-refractivity contribution >= 4 is 17.5 Å². The number of halogens is 1. The molecule has 0 heterocycles. The van der Waals surface area contributed by atoms with Gasteiger partial charge in [-0.15, -0.1) is 11.6 Å². The molecule has 3 heteroatoms. The van der Waals surface area contributed by atoms with Gasteiger partial charge in [-0.25, -0.2) is 0 Å². The van der Waals surface area contributed by atoms with Crippen LogP contribution in [0, 0.1) is 0 Å². The maximum Gasteiger partial charge on any atom is 0.237 e. The topological polar surface area (TPSA) is 29.1 Å². The molecule has 0 radical (unpaired) electrons. The molecule has 0 rings (SSSR count). The first-order valence-corrected chi connectivity index (χ1v) is 3.96. The average Bonchev–Trinajstić information content (AvgIpc) is 1.87. The second-order valence-corrected chi connectivity index (χ2v) is 3.09. The Kier molecular flexibility index (Phi) is 4.45. The Balaban J connectivity index is 3.57. The number of hydrogen-bond donors (Lipinski definition) is 1. The Bertz CT molecular complexity index is 114. The van der Waals surface area contributed by atoms with Gasteiger partial charge < -0.3 is 5.32 Å². The molecule has 0 aliphatic rings. The second-order valence-electron chi connectivity index (χ2n) is 2.43. The fourth-order valence-corrected chi connectivity index (χ4v) is 0.523. The molecule has 60 valence electrons. The summed E-state index contributed by atoms with van der Waals surface area (Å²) in [6, 6.07) is 0.230. The number of amides is 1. The van der Waals surface area contributed by atoms with E-state index < -0.39 is 5.38 Å². The van der Waals surface area contributed by atoms with E-state index in [1.165, 1.54) is 0 Å². The molecule has 0 spiro atoms. The van der Waals surface area contributed by atoms with Crippen LogP contribution < -0.4 is 5.32 Å². The van der Waals surface area contributed by atoms with Crippen molar-refractivity contribution < 1.29 is 4.79 Å². The van der Waals surface area contributed by atoms with Crippen molar-refractivity contribution in [1.82, 2.24) is 5.32 Å². The first-order chi connectivity index (χ1) is 4.57. The minimum Gasteiger partial charge on any atom is -0.352 e. The first kappa shape index (κ1) is 9.76. The van der Waals surface area contributed by atoms with Crippen molar-refractivity contribution in [3.8, 4) is 0 Å². The summed E-state index contributed by atoms with van der Waals surface area (Å²) in [7, 11) is 0. The summed E-state index contributed by atoms with van der Waals surface area (Å²) in [4.78, 5) is 10.9. The van der Waals surface area contributed by atoms with Crippen LogP contribution in [-0.4, -0.2) is 17.3 Å². The SMILES string of the molecule is CC[C@H](C)NC(=O)[C@@H](C)Cl. The molecule has 0 aromatic carbocycles. The summed E-state index contributed by atoms with van der Waals surface area (Å²) in [5, 5.41) is 2.34. The standard InChI is InChI=1S/C7H14ClNO/c1-4-5(2)9-7(10)6(3)8/h5-6H,4H2,1-3H3,(H,9,10)/t5-,6+/m0/s1.